The van der Waals surface area contributed by atoms with Crippen molar-refractivity contribution in [1.82, 2.24) is 5.32 Å². The Bertz CT molecular complexity index is 343. The highest BCUT2D eigenvalue weighted by Crippen LogP contribution is 2.09. The molecule has 1 atom stereocenters. The summed E-state index contributed by atoms with van der Waals surface area (Å²) in [5, 5.41) is 2.89. The van der Waals surface area contributed by atoms with Gasteiger partial charge in [0.2, 0.25) is 5.91 Å². The molecule has 1 aromatic carbocycles. The minimum absolute atomic E-state index is 0.0916. The van der Waals surface area contributed by atoms with Gasteiger partial charge in [-0.05, 0) is 30.4 Å². The zero-order chi connectivity index (χ0) is 13.2. The lowest BCUT2D eigenvalue weighted by Gasteiger charge is -2.12. The summed E-state index contributed by atoms with van der Waals surface area (Å²) in [7, 11) is 0. The largest absolute Gasteiger partial charge is 0.354 e. The number of unbranched alkanes of at least 4 members (excludes halogenated alkanes) is 2. The van der Waals surface area contributed by atoms with E-state index in [0.717, 1.165) is 18.4 Å². The Morgan fingerprint density at radius 3 is 2.67 bits per heavy atom. The molecule has 1 amide bonds. The van der Waals surface area contributed by atoms with Crippen molar-refractivity contribution in [3.63, 3.8) is 0 Å². The van der Waals surface area contributed by atoms with E-state index < -0.39 is 6.04 Å². The molecule has 0 saturated carbocycles. The summed E-state index contributed by atoms with van der Waals surface area (Å²) in [6.45, 7) is 0.716. The topological polar surface area (TPSA) is 55.1 Å². The predicted octanol–water partition coefficient (Wildman–Crippen LogP) is 2.34. The maximum absolute atomic E-state index is 11.8. The molecule has 0 aliphatic rings. The van der Waals surface area contributed by atoms with E-state index in [9.17, 15) is 4.79 Å². The molecule has 1 rings (SSSR count). The number of carbonyl (C=O) groups excluding carboxylic acids is 1. The molecule has 0 heterocycles. The monoisotopic (exact) mass is 266 g/mol. The minimum atomic E-state index is -0.558. The number of nitrogens with one attached hydrogen (secondary N) is 1. The molecule has 0 bridgehead atoms. The highest BCUT2D eigenvalue weighted by molar-refractivity contribution is 7.98. The third-order valence-corrected chi connectivity index (χ3v) is 3.46. The van der Waals surface area contributed by atoms with Crippen LogP contribution in [-0.4, -0.2) is 24.5 Å². The van der Waals surface area contributed by atoms with E-state index >= 15 is 0 Å². The standard InChI is InChI=1S/C14H22N2OS/c1-18-11-7-3-6-10-16-14(17)13(15)12-8-4-2-5-9-12/h2,4-5,8-9,13H,3,6-7,10-11,15H2,1H3,(H,16,17). The Morgan fingerprint density at radius 1 is 1.28 bits per heavy atom. The maximum atomic E-state index is 11.8. The van der Waals surface area contributed by atoms with E-state index in [1.54, 1.807) is 0 Å². The van der Waals surface area contributed by atoms with Crippen molar-refractivity contribution in [3.8, 4) is 0 Å². The molecule has 0 saturated heterocycles. The third-order valence-electron chi connectivity index (χ3n) is 2.77. The zero-order valence-electron chi connectivity index (χ0n) is 10.9. The number of benzene rings is 1. The lowest BCUT2D eigenvalue weighted by atomic mass is 10.1. The normalized spacial score (nSPS) is 12.1. The number of amides is 1. The fourth-order valence-corrected chi connectivity index (χ4v) is 2.17. The first kappa shape index (κ1) is 15.1. The van der Waals surface area contributed by atoms with Crippen molar-refractivity contribution >= 4 is 17.7 Å². The molecule has 0 aromatic heterocycles. The van der Waals surface area contributed by atoms with Gasteiger partial charge >= 0.3 is 0 Å². The van der Waals surface area contributed by atoms with Crippen LogP contribution in [0.2, 0.25) is 0 Å². The summed E-state index contributed by atoms with van der Waals surface area (Å²) in [4.78, 5) is 11.8. The Balaban J connectivity index is 2.20. The van der Waals surface area contributed by atoms with Crippen molar-refractivity contribution in [3.05, 3.63) is 35.9 Å². The van der Waals surface area contributed by atoms with Gasteiger partial charge < -0.3 is 11.1 Å². The van der Waals surface area contributed by atoms with Crippen molar-refractivity contribution in [2.45, 2.75) is 25.3 Å². The highest BCUT2D eigenvalue weighted by atomic mass is 32.2. The van der Waals surface area contributed by atoms with Crippen LogP contribution in [0, 0.1) is 0 Å². The molecule has 0 radical (unpaired) electrons. The third kappa shape index (κ3) is 5.56. The second kappa shape index (κ2) is 9.00. The van der Waals surface area contributed by atoms with Crippen LogP contribution in [0.1, 0.15) is 30.9 Å². The Hall–Kier alpha value is -1.00. The van der Waals surface area contributed by atoms with Gasteiger partial charge in [-0.25, -0.2) is 0 Å². The fourth-order valence-electron chi connectivity index (χ4n) is 1.68. The summed E-state index contributed by atoms with van der Waals surface area (Å²) in [6.07, 6.45) is 5.50. The number of hydrogen-bond donors (Lipinski definition) is 2. The highest BCUT2D eigenvalue weighted by Gasteiger charge is 2.14. The van der Waals surface area contributed by atoms with Crippen LogP contribution in [0.5, 0.6) is 0 Å². The lowest BCUT2D eigenvalue weighted by molar-refractivity contribution is -0.122. The molecule has 3 nitrogen and oxygen atoms in total. The first-order valence-electron chi connectivity index (χ1n) is 6.33. The molecule has 1 aromatic rings. The Labute approximate surface area is 114 Å². The molecular weight excluding hydrogens is 244 g/mol. The SMILES string of the molecule is CSCCCCCNC(=O)C(N)c1ccccc1. The van der Waals surface area contributed by atoms with Gasteiger partial charge in [0.1, 0.15) is 6.04 Å². The number of hydrogen-bond acceptors (Lipinski definition) is 3. The molecule has 0 aliphatic carbocycles. The smallest absolute Gasteiger partial charge is 0.241 e. The average Bonchev–Trinajstić information content (AvgIpc) is 2.42. The number of thioether (sulfide) groups is 1. The molecule has 18 heavy (non-hydrogen) atoms. The van der Waals surface area contributed by atoms with Crippen LogP contribution < -0.4 is 11.1 Å². The van der Waals surface area contributed by atoms with Gasteiger partial charge in [-0.2, -0.15) is 11.8 Å². The van der Waals surface area contributed by atoms with Crippen LogP contribution in [-0.2, 0) is 4.79 Å². The van der Waals surface area contributed by atoms with E-state index in [1.807, 2.05) is 42.1 Å². The number of rotatable bonds is 8. The van der Waals surface area contributed by atoms with Crippen molar-refractivity contribution in [2.24, 2.45) is 5.73 Å². The molecule has 0 aliphatic heterocycles. The summed E-state index contributed by atoms with van der Waals surface area (Å²) in [5.74, 6) is 1.10. The first-order valence-corrected chi connectivity index (χ1v) is 7.72. The molecule has 0 fully saturated rings. The lowest BCUT2D eigenvalue weighted by Crippen LogP contribution is -2.34. The van der Waals surface area contributed by atoms with E-state index in [4.69, 9.17) is 5.73 Å². The fraction of sp³-hybridized carbons (Fsp3) is 0.500. The van der Waals surface area contributed by atoms with Crippen molar-refractivity contribution in [1.29, 1.82) is 0 Å². The summed E-state index contributed by atoms with van der Waals surface area (Å²) < 4.78 is 0. The van der Waals surface area contributed by atoms with Gasteiger partial charge in [0, 0.05) is 6.54 Å². The number of carbonyl (C=O) groups is 1. The number of nitrogens with two attached hydrogens (primary N) is 1. The van der Waals surface area contributed by atoms with Gasteiger partial charge in [-0.15, -0.1) is 0 Å². The minimum Gasteiger partial charge on any atom is -0.354 e. The maximum Gasteiger partial charge on any atom is 0.241 e. The van der Waals surface area contributed by atoms with Crippen molar-refractivity contribution in [2.75, 3.05) is 18.6 Å². The van der Waals surface area contributed by atoms with Gasteiger partial charge in [-0.1, -0.05) is 36.8 Å². The Morgan fingerprint density at radius 2 is 2.00 bits per heavy atom. The second-order valence-corrected chi connectivity index (χ2v) is 5.22. The second-order valence-electron chi connectivity index (χ2n) is 4.23. The van der Waals surface area contributed by atoms with E-state index in [1.165, 1.54) is 12.2 Å². The summed E-state index contributed by atoms with van der Waals surface area (Å²) >= 11 is 1.86. The Kier molecular flexibility index (Phi) is 7.53. The van der Waals surface area contributed by atoms with Gasteiger partial charge in [0.25, 0.3) is 0 Å². The molecular formula is C14H22N2OS. The molecule has 0 spiro atoms. The van der Waals surface area contributed by atoms with Crippen molar-refractivity contribution < 1.29 is 4.79 Å². The van der Waals surface area contributed by atoms with E-state index in [-0.39, 0.29) is 5.91 Å². The van der Waals surface area contributed by atoms with E-state index in [2.05, 4.69) is 11.6 Å². The molecule has 1 unspecified atom stereocenters. The van der Waals surface area contributed by atoms with Crippen LogP contribution >= 0.6 is 11.8 Å². The van der Waals surface area contributed by atoms with Crippen LogP contribution in [0.25, 0.3) is 0 Å². The zero-order valence-corrected chi connectivity index (χ0v) is 11.7. The molecule has 100 valence electrons. The summed E-state index contributed by atoms with van der Waals surface area (Å²) in [5.41, 5.74) is 6.74. The van der Waals surface area contributed by atoms with Crippen LogP contribution in [0.15, 0.2) is 30.3 Å². The molecule has 4 heteroatoms. The first-order chi connectivity index (χ1) is 8.75. The van der Waals surface area contributed by atoms with Crippen LogP contribution in [0.4, 0.5) is 0 Å². The van der Waals surface area contributed by atoms with Gasteiger partial charge in [0.15, 0.2) is 0 Å². The van der Waals surface area contributed by atoms with Crippen LogP contribution in [0.3, 0.4) is 0 Å². The van der Waals surface area contributed by atoms with Gasteiger partial charge in [0.05, 0.1) is 0 Å². The average molecular weight is 266 g/mol. The van der Waals surface area contributed by atoms with E-state index in [0.29, 0.717) is 6.54 Å². The predicted molar refractivity (Wildman–Crippen MR) is 78.6 cm³/mol. The quantitative estimate of drug-likeness (QED) is 0.710. The summed E-state index contributed by atoms with van der Waals surface area (Å²) in [6, 6.07) is 8.90. The van der Waals surface area contributed by atoms with Gasteiger partial charge in [-0.3, -0.25) is 4.79 Å². The molecule has 3 N–H and O–H groups in total.